The average Bonchev–Trinajstić information content (AvgIpc) is 2.82. The molecule has 1 heterocycles. The molecule has 2 rings (SSSR count). The highest BCUT2D eigenvalue weighted by atomic mass is 16.4. The Bertz CT molecular complexity index is 552. The molecule has 0 fully saturated rings. The Balaban J connectivity index is 2.46. The van der Waals surface area contributed by atoms with E-state index in [-0.39, 0.29) is 0 Å². The minimum Gasteiger partial charge on any atom is -0.478 e. The summed E-state index contributed by atoms with van der Waals surface area (Å²) in [6.07, 6.45) is 3.53. The molecule has 2 aromatic rings. The zero-order valence-corrected chi connectivity index (χ0v) is 10.7. The molecule has 94 valence electrons. The predicted molar refractivity (Wildman–Crippen MR) is 71.5 cm³/mol. The van der Waals surface area contributed by atoms with Crippen LogP contribution in [0, 0.1) is 0 Å². The molecule has 0 aliphatic rings. The van der Waals surface area contributed by atoms with Crippen LogP contribution in [-0.2, 0) is 12.8 Å². The molecule has 0 unspecified atom stereocenters. The van der Waals surface area contributed by atoms with Gasteiger partial charge in [0, 0.05) is 17.6 Å². The molecule has 0 aliphatic carbocycles. The second-order valence-corrected chi connectivity index (χ2v) is 4.22. The Morgan fingerprint density at radius 3 is 2.28 bits per heavy atom. The summed E-state index contributed by atoms with van der Waals surface area (Å²) in [5.74, 6) is -0.865. The summed E-state index contributed by atoms with van der Waals surface area (Å²) in [6.45, 7) is 4.09. The Morgan fingerprint density at radius 1 is 1.11 bits per heavy atom. The second kappa shape index (κ2) is 5.08. The predicted octanol–water partition coefficient (Wildman–Crippen LogP) is 3.30. The first-order valence-electron chi connectivity index (χ1n) is 6.20. The quantitative estimate of drug-likeness (QED) is 0.895. The van der Waals surface area contributed by atoms with Crippen molar-refractivity contribution < 1.29 is 9.90 Å². The highest BCUT2D eigenvalue weighted by molar-refractivity contribution is 5.89. The number of aromatic nitrogens is 1. The van der Waals surface area contributed by atoms with Crippen LogP contribution in [0.1, 0.15) is 35.5 Å². The van der Waals surface area contributed by atoms with Gasteiger partial charge in [-0.3, -0.25) is 0 Å². The first-order chi connectivity index (χ1) is 8.67. The van der Waals surface area contributed by atoms with E-state index in [0.29, 0.717) is 12.0 Å². The summed E-state index contributed by atoms with van der Waals surface area (Å²) in [7, 11) is 0. The van der Waals surface area contributed by atoms with Crippen molar-refractivity contribution in [2.45, 2.75) is 26.7 Å². The molecule has 0 aliphatic heterocycles. The molecule has 3 nitrogen and oxygen atoms in total. The molecule has 0 atom stereocenters. The maximum Gasteiger partial charge on any atom is 0.337 e. The monoisotopic (exact) mass is 243 g/mol. The molecular weight excluding hydrogens is 226 g/mol. The van der Waals surface area contributed by atoms with Gasteiger partial charge in [-0.2, -0.15) is 0 Å². The Kier molecular flexibility index (Phi) is 3.51. The van der Waals surface area contributed by atoms with E-state index in [1.54, 1.807) is 6.07 Å². The minimum atomic E-state index is -0.865. The second-order valence-electron chi connectivity index (χ2n) is 4.22. The minimum absolute atomic E-state index is 0.386. The van der Waals surface area contributed by atoms with Crippen molar-refractivity contribution >= 4 is 5.97 Å². The smallest absolute Gasteiger partial charge is 0.337 e. The highest BCUT2D eigenvalue weighted by Crippen LogP contribution is 2.18. The van der Waals surface area contributed by atoms with Gasteiger partial charge in [-0.1, -0.05) is 26.0 Å². The molecule has 1 N–H and O–H groups in total. The fraction of sp³-hybridized carbons (Fsp3) is 0.267. The lowest BCUT2D eigenvalue weighted by atomic mass is 10.1. The Hall–Kier alpha value is -2.03. The number of hydrogen-bond donors (Lipinski definition) is 1. The van der Waals surface area contributed by atoms with Crippen LogP contribution < -0.4 is 0 Å². The summed E-state index contributed by atoms with van der Waals surface area (Å²) in [5, 5.41) is 9.13. The number of hydrogen-bond acceptors (Lipinski definition) is 1. The first-order valence-corrected chi connectivity index (χ1v) is 6.20. The third-order valence-corrected chi connectivity index (χ3v) is 3.18. The number of rotatable bonds is 4. The van der Waals surface area contributed by atoms with Gasteiger partial charge in [-0.05, 0) is 36.6 Å². The fourth-order valence-corrected chi connectivity index (χ4v) is 2.15. The number of carboxylic acid groups (broad SMARTS) is 1. The molecule has 0 amide bonds. The van der Waals surface area contributed by atoms with Crippen LogP contribution in [0.4, 0.5) is 0 Å². The molecule has 0 saturated heterocycles. The van der Waals surface area contributed by atoms with Crippen molar-refractivity contribution in [3.63, 3.8) is 0 Å². The third kappa shape index (κ3) is 2.16. The van der Waals surface area contributed by atoms with E-state index < -0.39 is 5.97 Å². The molecule has 0 bridgehead atoms. The van der Waals surface area contributed by atoms with Gasteiger partial charge in [-0.25, -0.2) is 4.79 Å². The van der Waals surface area contributed by atoms with E-state index in [2.05, 4.69) is 19.1 Å². The van der Waals surface area contributed by atoms with Crippen LogP contribution in [0.5, 0.6) is 0 Å². The van der Waals surface area contributed by atoms with Crippen molar-refractivity contribution in [1.29, 1.82) is 0 Å². The number of aryl methyl sites for hydroxylation is 1. The molecule has 0 radical (unpaired) electrons. The van der Waals surface area contributed by atoms with Gasteiger partial charge in [0.2, 0.25) is 0 Å². The lowest BCUT2D eigenvalue weighted by Crippen LogP contribution is -2.04. The molecule has 0 spiro atoms. The van der Waals surface area contributed by atoms with Gasteiger partial charge in [-0.15, -0.1) is 0 Å². The standard InChI is InChI=1S/C15H17NO2/c1-3-11-5-7-12(8-6-11)16-10-9-13(15(17)18)14(16)4-2/h5-10H,3-4H2,1-2H3,(H,17,18). The summed E-state index contributed by atoms with van der Waals surface area (Å²) in [5.41, 5.74) is 3.52. The Labute approximate surface area is 107 Å². The normalized spacial score (nSPS) is 10.6. The molecular formula is C15H17NO2. The van der Waals surface area contributed by atoms with E-state index in [4.69, 9.17) is 5.11 Å². The molecule has 1 aromatic heterocycles. The maximum atomic E-state index is 11.1. The van der Waals surface area contributed by atoms with Gasteiger partial charge < -0.3 is 9.67 Å². The SMILES string of the molecule is CCc1ccc(-n2ccc(C(=O)O)c2CC)cc1. The van der Waals surface area contributed by atoms with Gasteiger partial charge in [0.25, 0.3) is 0 Å². The lowest BCUT2D eigenvalue weighted by molar-refractivity contribution is 0.0696. The number of nitrogens with zero attached hydrogens (tertiary/aromatic N) is 1. The van der Waals surface area contributed by atoms with Gasteiger partial charge in [0.15, 0.2) is 0 Å². The van der Waals surface area contributed by atoms with E-state index in [0.717, 1.165) is 17.8 Å². The summed E-state index contributed by atoms with van der Waals surface area (Å²) in [4.78, 5) is 11.1. The third-order valence-electron chi connectivity index (χ3n) is 3.18. The number of carboxylic acids is 1. The summed E-state index contributed by atoms with van der Waals surface area (Å²) < 4.78 is 1.95. The van der Waals surface area contributed by atoms with Crippen molar-refractivity contribution in [2.75, 3.05) is 0 Å². The number of carbonyl (C=O) groups is 1. The van der Waals surface area contributed by atoms with E-state index in [1.807, 2.05) is 29.8 Å². The van der Waals surface area contributed by atoms with Crippen LogP contribution in [-0.4, -0.2) is 15.6 Å². The fourth-order valence-electron chi connectivity index (χ4n) is 2.15. The van der Waals surface area contributed by atoms with Crippen molar-refractivity contribution in [1.82, 2.24) is 4.57 Å². The topological polar surface area (TPSA) is 42.2 Å². The van der Waals surface area contributed by atoms with Crippen LogP contribution in [0.2, 0.25) is 0 Å². The average molecular weight is 243 g/mol. The van der Waals surface area contributed by atoms with Crippen molar-refractivity contribution in [3.05, 3.63) is 53.3 Å². The Morgan fingerprint density at radius 2 is 1.78 bits per heavy atom. The summed E-state index contributed by atoms with van der Waals surface area (Å²) >= 11 is 0. The maximum absolute atomic E-state index is 11.1. The molecule has 0 saturated carbocycles. The highest BCUT2D eigenvalue weighted by Gasteiger charge is 2.14. The van der Waals surface area contributed by atoms with Crippen LogP contribution in [0.3, 0.4) is 0 Å². The van der Waals surface area contributed by atoms with Gasteiger partial charge in [0.05, 0.1) is 5.56 Å². The zero-order chi connectivity index (χ0) is 13.1. The van der Waals surface area contributed by atoms with Crippen LogP contribution in [0.15, 0.2) is 36.5 Å². The van der Waals surface area contributed by atoms with Crippen molar-refractivity contribution in [3.8, 4) is 5.69 Å². The van der Waals surface area contributed by atoms with Crippen molar-refractivity contribution in [2.24, 2.45) is 0 Å². The van der Waals surface area contributed by atoms with Crippen LogP contribution >= 0.6 is 0 Å². The molecule has 1 aromatic carbocycles. The molecule has 18 heavy (non-hydrogen) atoms. The van der Waals surface area contributed by atoms with Gasteiger partial charge in [0.1, 0.15) is 0 Å². The van der Waals surface area contributed by atoms with E-state index >= 15 is 0 Å². The van der Waals surface area contributed by atoms with Crippen LogP contribution in [0.25, 0.3) is 5.69 Å². The largest absolute Gasteiger partial charge is 0.478 e. The summed E-state index contributed by atoms with van der Waals surface area (Å²) in [6, 6.07) is 9.88. The zero-order valence-electron chi connectivity index (χ0n) is 10.7. The lowest BCUT2D eigenvalue weighted by Gasteiger charge is -2.09. The van der Waals surface area contributed by atoms with E-state index in [1.165, 1.54) is 5.56 Å². The first kappa shape index (κ1) is 12.4. The molecule has 3 heteroatoms. The number of benzene rings is 1. The van der Waals surface area contributed by atoms with E-state index in [9.17, 15) is 4.79 Å². The number of aromatic carboxylic acids is 1. The van der Waals surface area contributed by atoms with Gasteiger partial charge >= 0.3 is 5.97 Å².